The van der Waals surface area contributed by atoms with E-state index in [0.717, 1.165) is 12.1 Å². The third-order valence-electron chi connectivity index (χ3n) is 4.51. The molecule has 0 aliphatic heterocycles. The second kappa shape index (κ2) is 13.0. The molecule has 0 aliphatic rings. The van der Waals surface area contributed by atoms with Crippen LogP contribution < -0.4 is 5.32 Å². The molecule has 1 aromatic carbocycles. The number of carbonyl (C=O) groups is 1. The van der Waals surface area contributed by atoms with E-state index in [0.29, 0.717) is 6.42 Å². The topological polar surface area (TPSA) is 29.1 Å². The average Bonchev–Trinajstić information content (AvgIpc) is 2.51. The maximum Gasteiger partial charge on any atom is 0.224 e. The molecule has 24 heavy (non-hydrogen) atoms. The molecule has 136 valence electrons. The van der Waals surface area contributed by atoms with Gasteiger partial charge in [0.05, 0.1) is 0 Å². The quantitative estimate of drug-likeness (QED) is 0.389. The molecule has 1 N–H and O–H groups in total. The number of anilines is 1. The summed E-state index contributed by atoms with van der Waals surface area (Å²) in [6.07, 6.45) is 15.1. The lowest BCUT2D eigenvalue weighted by Gasteiger charge is -2.07. The summed E-state index contributed by atoms with van der Waals surface area (Å²) >= 11 is 0. The van der Waals surface area contributed by atoms with Crippen molar-refractivity contribution in [2.24, 2.45) is 0 Å². The fraction of sp³-hybridized carbons (Fsp3) is 0.682. The number of unbranched alkanes of at least 4 members (excludes halogenated alkanes) is 10. The highest BCUT2D eigenvalue weighted by atomic mass is 16.1. The van der Waals surface area contributed by atoms with Crippen molar-refractivity contribution in [1.29, 1.82) is 0 Å². The van der Waals surface area contributed by atoms with Gasteiger partial charge in [-0.3, -0.25) is 4.79 Å². The standard InChI is InChI=1S/C22H37NO/c1-4-5-6-7-8-9-10-11-12-13-14-15-22(24)23-21-17-19(2)16-20(3)18-21/h16-18H,4-15H2,1-3H3,(H,23,24). The highest BCUT2D eigenvalue weighted by Gasteiger charge is 2.03. The Morgan fingerprint density at radius 1 is 0.750 bits per heavy atom. The van der Waals surface area contributed by atoms with Gasteiger partial charge in [0, 0.05) is 12.1 Å². The number of amides is 1. The lowest BCUT2D eigenvalue weighted by Crippen LogP contribution is -2.11. The van der Waals surface area contributed by atoms with Crippen LogP contribution in [0.15, 0.2) is 18.2 Å². The van der Waals surface area contributed by atoms with Gasteiger partial charge in [0.2, 0.25) is 5.91 Å². The summed E-state index contributed by atoms with van der Waals surface area (Å²) in [6.45, 7) is 6.39. The van der Waals surface area contributed by atoms with E-state index < -0.39 is 0 Å². The van der Waals surface area contributed by atoms with E-state index in [1.54, 1.807) is 0 Å². The maximum absolute atomic E-state index is 12.0. The van der Waals surface area contributed by atoms with Crippen molar-refractivity contribution in [1.82, 2.24) is 0 Å². The van der Waals surface area contributed by atoms with Crippen molar-refractivity contribution in [3.8, 4) is 0 Å². The van der Waals surface area contributed by atoms with Crippen LogP contribution >= 0.6 is 0 Å². The molecule has 0 fully saturated rings. The maximum atomic E-state index is 12.0. The molecule has 0 unspecified atom stereocenters. The molecule has 0 saturated carbocycles. The SMILES string of the molecule is CCCCCCCCCCCCCC(=O)Nc1cc(C)cc(C)c1. The molecule has 0 bridgehead atoms. The minimum Gasteiger partial charge on any atom is -0.326 e. The van der Waals surface area contributed by atoms with E-state index in [4.69, 9.17) is 0 Å². The summed E-state index contributed by atoms with van der Waals surface area (Å²) in [7, 11) is 0. The predicted molar refractivity (Wildman–Crippen MR) is 106 cm³/mol. The fourth-order valence-electron chi connectivity index (χ4n) is 3.22. The Morgan fingerprint density at radius 2 is 1.21 bits per heavy atom. The molecule has 1 amide bonds. The molecule has 0 saturated heterocycles. The first-order valence-electron chi connectivity index (χ1n) is 10.00. The summed E-state index contributed by atoms with van der Waals surface area (Å²) in [6, 6.07) is 6.19. The van der Waals surface area contributed by atoms with E-state index in [9.17, 15) is 4.79 Å². The molecule has 0 aromatic heterocycles. The molecule has 2 nitrogen and oxygen atoms in total. The largest absolute Gasteiger partial charge is 0.326 e. The second-order valence-electron chi connectivity index (χ2n) is 7.21. The minimum atomic E-state index is 0.149. The summed E-state index contributed by atoms with van der Waals surface area (Å²) in [5, 5.41) is 3.02. The van der Waals surface area contributed by atoms with Crippen LogP contribution in [0.1, 0.15) is 95.1 Å². The molecule has 0 heterocycles. The third kappa shape index (κ3) is 10.5. The fourth-order valence-corrected chi connectivity index (χ4v) is 3.22. The molecule has 0 radical (unpaired) electrons. The third-order valence-corrected chi connectivity index (χ3v) is 4.51. The molecule has 2 heteroatoms. The zero-order valence-electron chi connectivity index (χ0n) is 16.1. The van der Waals surface area contributed by atoms with Crippen LogP contribution in [0, 0.1) is 13.8 Å². The number of nitrogens with one attached hydrogen (secondary N) is 1. The number of hydrogen-bond donors (Lipinski definition) is 1. The van der Waals surface area contributed by atoms with Crippen LogP contribution in [0.3, 0.4) is 0 Å². The number of aryl methyl sites for hydroxylation is 2. The summed E-state index contributed by atoms with van der Waals surface area (Å²) in [4.78, 5) is 12.0. The highest BCUT2D eigenvalue weighted by molar-refractivity contribution is 5.90. The van der Waals surface area contributed by atoms with E-state index >= 15 is 0 Å². The van der Waals surface area contributed by atoms with E-state index in [1.165, 1.54) is 75.3 Å². The first kappa shape index (κ1) is 20.7. The summed E-state index contributed by atoms with van der Waals surface area (Å²) in [5.41, 5.74) is 3.32. The lowest BCUT2D eigenvalue weighted by molar-refractivity contribution is -0.116. The van der Waals surface area contributed by atoms with Crippen LogP contribution in [0.4, 0.5) is 5.69 Å². The van der Waals surface area contributed by atoms with Gasteiger partial charge < -0.3 is 5.32 Å². The Morgan fingerprint density at radius 3 is 1.71 bits per heavy atom. The summed E-state index contributed by atoms with van der Waals surface area (Å²) < 4.78 is 0. The van der Waals surface area contributed by atoms with E-state index in [2.05, 4.69) is 32.2 Å². The lowest BCUT2D eigenvalue weighted by atomic mass is 10.1. The van der Waals surface area contributed by atoms with Crippen LogP contribution in [0.2, 0.25) is 0 Å². The number of carbonyl (C=O) groups excluding carboxylic acids is 1. The minimum absolute atomic E-state index is 0.149. The van der Waals surface area contributed by atoms with E-state index in [-0.39, 0.29) is 5.91 Å². The molecule has 1 rings (SSSR count). The van der Waals surface area contributed by atoms with Gasteiger partial charge in [0.25, 0.3) is 0 Å². The molecule has 0 aliphatic carbocycles. The molecule has 0 spiro atoms. The molecular weight excluding hydrogens is 294 g/mol. The van der Waals surface area contributed by atoms with Crippen molar-refractivity contribution in [3.63, 3.8) is 0 Å². The zero-order chi connectivity index (χ0) is 17.6. The normalized spacial score (nSPS) is 10.8. The molecule has 1 aromatic rings. The predicted octanol–water partition coefficient (Wildman–Crippen LogP) is 6.94. The van der Waals surface area contributed by atoms with Gasteiger partial charge in [0.1, 0.15) is 0 Å². The van der Waals surface area contributed by atoms with Gasteiger partial charge in [-0.2, -0.15) is 0 Å². The highest BCUT2D eigenvalue weighted by Crippen LogP contribution is 2.15. The Labute approximate surface area is 149 Å². The van der Waals surface area contributed by atoms with Gasteiger partial charge >= 0.3 is 0 Å². The monoisotopic (exact) mass is 331 g/mol. The Bertz CT molecular complexity index is 447. The van der Waals surface area contributed by atoms with Crippen molar-refractivity contribution in [2.45, 2.75) is 97.8 Å². The van der Waals surface area contributed by atoms with Gasteiger partial charge in [-0.1, -0.05) is 77.2 Å². The Hall–Kier alpha value is -1.31. The smallest absolute Gasteiger partial charge is 0.224 e. The first-order chi connectivity index (χ1) is 11.6. The van der Waals surface area contributed by atoms with Crippen LogP contribution in [-0.4, -0.2) is 5.91 Å². The van der Waals surface area contributed by atoms with Crippen molar-refractivity contribution in [2.75, 3.05) is 5.32 Å². The Balaban J connectivity index is 1.98. The van der Waals surface area contributed by atoms with Gasteiger partial charge in [0.15, 0.2) is 0 Å². The van der Waals surface area contributed by atoms with Crippen LogP contribution in [0.25, 0.3) is 0 Å². The van der Waals surface area contributed by atoms with Gasteiger partial charge in [-0.25, -0.2) is 0 Å². The van der Waals surface area contributed by atoms with Crippen molar-refractivity contribution < 1.29 is 4.79 Å². The average molecular weight is 332 g/mol. The van der Waals surface area contributed by atoms with E-state index in [1.807, 2.05) is 12.1 Å². The van der Waals surface area contributed by atoms with Crippen LogP contribution in [-0.2, 0) is 4.79 Å². The first-order valence-corrected chi connectivity index (χ1v) is 10.00. The van der Waals surface area contributed by atoms with Crippen molar-refractivity contribution >= 4 is 11.6 Å². The van der Waals surface area contributed by atoms with Gasteiger partial charge in [-0.15, -0.1) is 0 Å². The van der Waals surface area contributed by atoms with Gasteiger partial charge in [-0.05, 0) is 43.5 Å². The second-order valence-corrected chi connectivity index (χ2v) is 7.21. The van der Waals surface area contributed by atoms with Crippen LogP contribution in [0.5, 0.6) is 0 Å². The summed E-state index contributed by atoms with van der Waals surface area (Å²) in [5.74, 6) is 0.149. The molecular formula is C22H37NO. The Kier molecular flexibility index (Phi) is 11.3. The zero-order valence-corrected chi connectivity index (χ0v) is 16.1. The number of benzene rings is 1. The number of hydrogen-bond acceptors (Lipinski definition) is 1. The number of rotatable bonds is 13. The molecule has 0 atom stereocenters. The van der Waals surface area contributed by atoms with Crippen molar-refractivity contribution in [3.05, 3.63) is 29.3 Å².